The van der Waals surface area contributed by atoms with E-state index in [2.05, 4.69) is 17.7 Å². The summed E-state index contributed by atoms with van der Waals surface area (Å²) in [5.41, 5.74) is 5.17. The fourth-order valence-corrected chi connectivity index (χ4v) is 2.45. The molecule has 0 spiro atoms. The Bertz CT molecular complexity index is 447. The van der Waals surface area contributed by atoms with Crippen molar-refractivity contribution in [3.8, 4) is 0 Å². The van der Waals surface area contributed by atoms with E-state index >= 15 is 0 Å². The minimum Gasteiger partial charge on any atom is -0.347 e. The molecule has 1 aliphatic carbocycles. The summed E-state index contributed by atoms with van der Waals surface area (Å²) in [6.07, 6.45) is 4.40. The van der Waals surface area contributed by atoms with E-state index in [0.29, 0.717) is 5.56 Å². The van der Waals surface area contributed by atoms with E-state index in [9.17, 15) is 4.79 Å². The first-order valence-electron chi connectivity index (χ1n) is 6.50. The van der Waals surface area contributed by atoms with Crippen molar-refractivity contribution < 1.29 is 4.79 Å². The quantitative estimate of drug-likeness (QED) is 0.565. The van der Waals surface area contributed by atoms with Crippen LogP contribution >= 0.6 is 0 Å². The summed E-state index contributed by atoms with van der Waals surface area (Å²) in [6, 6.07) is 5.51. The molecule has 4 N–H and O–H groups in total. The maximum atomic E-state index is 12.2. The summed E-state index contributed by atoms with van der Waals surface area (Å²) >= 11 is 0. The van der Waals surface area contributed by atoms with Crippen molar-refractivity contribution >= 4 is 11.6 Å². The highest BCUT2D eigenvalue weighted by Gasteiger charge is 2.36. The Hall–Kier alpha value is -1.55. The van der Waals surface area contributed by atoms with Gasteiger partial charge in [0.15, 0.2) is 0 Å². The first kappa shape index (κ1) is 12.9. The van der Waals surface area contributed by atoms with Crippen molar-refractivity contribution in [3.63, 3.8) is 0 Å². The van der Waals surface area contributed by atoms with Gasteiger partial charge in [0.2, 0.25) is 0 Å². The molecule has 1 aromatic carbocycles. The molecular weight excluding hydrogens is 226 g/mol. The number of hydrazine groups is 1. The van der Waals surface area contributed by atoms with Crippen LogP contribution in [0.25, 0.3) is 0 Å². The first-order chi connectivity index (χ1) is 8.60. The van der Waals surface area contributed by atoms with Gasteiger partial charge in [-0.25, -0.2) is 0 Å². The standard InChI is InChI=1S/C14H21N3O/c1-3-14(7-4-8-14)16-13(18)11-5-6-12(17-15)10(2)9-11/h5-6,9,17H,3-4,7-8,15H2,1-2H3,(H,16,18). The molecule has 0 aliphatic heterocycles. The van der Waals surface area contributed by atoms with Crippen molar-refractivity contribution in [3.05, 3.63) is 29.3 Å². The molecule has 1 amide bonds. The van der Waals surface area contributed by atoms with Gasteiger partial charge in [0, 0.05) is 11.1 Å². The van der Waals surface area contributed by atoms with Crippen LogP contribution < -0.4 is 16.6 Å². The molecule has 98 valence electrons. The van der Waals surface area contributed by atoms with E-state index in [0.717, 1.165) is 30.5 Å². The number of hydrogen-bond donors (Lipinski definition) is 3. The van der Waals surface area contributed by atoms with Crippen LogP contribution in [0.2, 0.25) is 0 Å². The molecule has 1 aromatic rings. The summed E-state index contributed by atoms with van der Waals surface area (Å²) in [7, 11) is 0. The third-order valence-electron chi connectivity index (χ3n) is 4.01. The second-order valence-corrected chi connectivity index (χ2v) is 5.12. The number of nitrogens with two attached hydrogens (primary N) is 1. The van der Waals surface area contributed by atoms with Gasteiger partial charge >= 0.3 is 0 Å². The highest BCUT2D eigenvalue weighted by molar-refractivity contribution is 5.95. The number of nitrogens with one attached hydrogen (secondary N) is 2. The van der Waals surface area contributed by atoms with Crippen LogP contribution in [0.1, 0.15) is 48.5 Å². The summed E-state index contributed by atoms with van der Waals surface area (Å²) in [5, 5.41) is 3.17. The molecule has 0 saturated heterocycles. The van der Waals surface area contributed by atoms with Crippen molar-refractivity contribution in [1.29, 1.82) is 0 Å². The van der Waals surface area contributed by atoms with Crippen molar-refractivity contribution in [2.24, 2.45) is 5.84 Å². The molecule has 4 heteroatoms. The number of hydrogen-bond acceptors (Lipinski definition) is 3. The number of amides is 1. The zero-order chi connectivity index (χ0) is 13.2. The van der Waals surface area contributed by atoms with Crippen LogP contribution in [0, 0.1) is 6.92 Å². The van der Waals surface area contributed by atoms with Crippen molar-refractivity contribution in [2.45, 2.75) is 45.1 Å². The van der Waals surface area contributed by atoms with Gasteiger partial charge in [0.05, 0.1) is 5.69 Å². The monoisotopic (exact) mass is 247 g/mol. The van der Waals surface area contributed by atoms with E-state index in [4.69, 9.17) is 5.84 Å². The van der Waals surface area contributed by atoms with Crippen LogP contribution in [0.3, 0.4) is 0 Å². The van der Waals surface area contributed by atoms with Gasteiger partial charge < -0.3 is 10.7 Å². The van der Waals surface area contributed by atoms with Gasteiger partial charge in [-0.2, -0.15) is 0 Å². The number of carbonyl (C=O) groups excluding carboxylic acids is 1. The fourth-order valence-electron chi connectivity index (χ4n) is 2.45. The van der Waals surface area contributed by atoms with E-state index < -0.39 is 0 Å². The van der Waals surface area contributed by atoms with E-state index in [1.807, 2.05) is 19.1 Å². The largest absolute Gasteiger partial charge is 0.347 e. The number of carbonyl (C=O) groups is 1. The Morgan fingerprint density at radius 1 is 1.44 bits per heavy atom. The number of benzene rings is 1. The van der Waals surface area contributed by atoms with E-state index in [-0.39, 0.29) is 11.4 Å². The summed E-state index contributed by atoms with van der Waals surface area (Å²) < 4.78 is 0. The van der Waals surface area contributed by atoms with Gasteiger partial charge in [-0.3, -0.25) is 10.6 Å². The van der Waals surface area contributed by atoms with Crippen LogP contribution in [-0.2, 0) is 0 Å². The van der Waals surface area contributed by atoms with E-state index in [1.54, 1.807) is 6.07 Å². The molecule has 4 nitrogen and oxygen atoms in total. The summed E-state index contributed by atoms with van der Waals surface area (Å²) in [4.78, 5) is 12.2. The predicted molar refractivity (Wildman–Crippen MR) is 73.3 cm³/mol. The molecule has 18 heavy (non-hydrogen) atoms. The lowest BCUT2D eigenvalue weighted by atomic mass is 9.74. The highest BCUT2D eigenvalue weighted by atomic mass is 16.1. The number of rotatable bonds is 4. The van der Waals surface area contributed by atoms with E-state index in [1.165, 1.54) is 6.42 Å². The fraction of sp³-hybridized carbons (Fsp3) is 0.500. The molecule has 1 fully saturated rings. The minimum atomic E-state index is 0.0169. The Morgan fingerprint density at radius 3 is 2.61 bits per heavy atom. The van der Waals surface area contributed by atoms with Gasteiger partial charge in [-0.15, -0.1) is 0 Å². The lowest BCUT2D eigenvalue weighted by Gasteiger charge is -2.42. The van der Waals surface area contributed by atoms with Crippen LogP contribution in [-0.4, -0.2) is 11.4 Å². The van der Waals surface area contributed by atoms with Gasteiger partial charge in [0.1, 0.15) is 0 Å². The second-order valence-electron chi connectivity index (χ2n) is 5.12. The molecule has 0 heterocycles. The molecule has 1 aliphatic rings. The second kappa shape index (κ2) is 4.98. The summed E-state index contributed by atoms with van der Waals surface area (Å²) in [6.45, 7) is 4.07. The normalized spacial score (nSPS) is 16.8. The van der Waals surface area contributed by atoms with Gasteiger partial charge in [-0.1, -0.05) is 6.92 Å². The van der Waals surface area contributed by atoms with Crippen molar-refractivity contribution in [1.82, 2.24) is 5.32 Å². The topological polar surface area (TPSA) is 67.2 Å². The Labute approximate surface area is 108 Å². The van der Waals surface area contributed by atoms with Crippen LogP contribution in [0.5, 0.6) is 0 Å². The third kappa shape index (κ3) is 2.34. The maximum Gasteiger partial charge on any atom is 0.251 e. The molecule has 0 radical (unpaired) electrons. The maximum absolute atomic E-state index is 12.2. The lowest BCUT2D eigenvalue weighted by Crippen LogP contribution is -2.52. The number of aryl methyl sites for hydroxylation is 1. The van der Waals surface area contributed by atoms with Crippen LogP contribution in [0.15, 0.2) is 18.2 Å². The number of anilines is 1. The highest BCUT2D eigenvalue weighted by Crippen LogP contribution is 2.34. The molecule has 0 unspecified atom stereocenters. The Balaban J connectivity index is 2.11. The smallest absolute Gasteiger partial charge is 0.251 e. The van der Waals surface area contributed by atoms with Crippen molar-refractivity contribution in [2.75, 3.05) is 5.43 Å². The predicted octanol–water partition coefficient (Wildman–Crippen LogP) is 2.34. The molecule has 0 atom stereocenters. The number of nitrogen functional groups attached to an aromatic ring is 1. The van der Waals surface area contributed by atoms with Crippen LogP contribution in [0.4, 0.5) is 5.69 Å². The Morgan fingerprint density at radius 2 is 2.17 bits per heavy atom. The average Bonchev–Trinajstić information content (AvgIpc) is 2.33. The Kier molecular flexibility index (Phi) is 3.57. The zero-order valence-corrected chi connectivity index (χ0v) is 11.0. The molecular formula is C14H21N3O. The molecule has 0 bridgehead atoms. The van der Waals surface area contributed by atoms with Gasteiger partial charge in [-0.05, 0) is 56.4 Å². The average molecular weight is 247 g/mol. The minimum absolute atomic E-state index is 0.0169. The zero-order valence-electron chi connectivity index (χ0n) is 11.0. The van der Waals surface area contributed by atoms with Gasteiger partial charge in [0.25, 0.3) is 5.91 Å². The lowest BCUT2D eigenvalue weighted by molar-refractivity contribution is 0.0820. The molecule has 2 rings (SSSR count). The SMILES string of the molecule is CCC1(NC(=O)c2ccc(NN)c(C)c2)CCC1. The molecule has 0 aromatic heterocycles. The molecule has 1 saturated carbocycles. The first-order valence-corrected chi connectivity index (χ1v) is 6.50. The third-order valence-corrected chi connectivity index (χ3v) is 4.01. The summed E-state index contributed by atoms with van der Waals surface area (Å²) in [5.74, 6) is 5.40.